The molecular formula is C18H20N6O2S2. The topological polar surface area (TPSA) is 85.2 Å². The normalized spacial score (nSPS) is 12.9. The number of nitrogens with zero attached hydrogens (tertiary/aromatic N) is 5. The van der Waals surface area contributed by atoms with Crippen molar-refractivity contribution in [2.75, 3.05) is 29.1 Å². The quantitative estimate of drug-likeness (QED) is 0.591. The van der Waals surface area contributed by atoms with Crippen molar-refractivity contribution in [3.8, 4) is 5.75 Å². The summed E-state index contributed by atoms with van der Waals surface area (Å²) in [5.74, 6) is 1.81. The summed E-state index contributed by atoms with van der Waals surface area (Å²) in [6.45, 7) is 6.11. The number of ether oxygens (including phenoxy) is 1. The summed E-state index contributed by atoms with van der Waals surface area (Å²) in [6.07, 6.45) is 0. The fraction of sp³-hybridized carbons (Fsp3) is 0.333. The first-order chi connectivity index (χ1) is 13.6. The molecule has 0 unspecified atom stereocenters. The second-order valence-electron chi connectivity index (χ2n) is 6.14. The molecule has 1 aliphatic rings. The summed E-state index contributed by atoms with van der Waals surface area (Å²) in [4.78, 5) is 18.5. The molecule has 146 valence electrons. The molecule has 28 heavy (non-hydrogen) atoms. The molecule has 4 rings (SSSR count). The lowest BCUT2D eigenvalue weighted by Gasteiger charge is -2.15. The summed E-state index contributed by atoms with van der Waals surface area (Å²) in [5.41, 5.74) is 1.95. The standard InChI is InChI=1S/C18H20N6O2S2/c1-3-26-14-6-4-13(5-7-14)23-8-9-24-17(23)21-22-18(24)28-11-15(25)20-16-19-12(2)10-27-16/h4-7,10H,3,8-9,11H2,1-2H3,(H,19,20,25). The maximum Gasteiger partial charge on any atom is 0.236 e. The van der Waals surface area contributed by atoms with E-state index in [1.54, 1.807) is 0 Å². The number of carbonyl (C=O) groups is 1. The van der Waals surface area contributed by atoms with Gasteiger partial charge >= 0.3 is 0 Å². The molecule has 0 bridgehead atoms. The Hall–Kier alpha value is -2.59. The van der Waals surface area contributed by atoms with Gasteiger partial charge in [0.05, 0.1) is 18.1 Å². The van der Waals surface area contributed by atoms with E-state index in [0.29, 0.717) is 11.7 Å². The average molecular weight is 417 g/mol. The van der Waals surface area contributed by atoms with Crippen LogP contribution in [-0.2, 0) is 11.3 Å². The van der Waals surface area contributed by atoms with E-state index >= 15 is 0 Å². The number of carbonyl (C=O) groups excluding carboxylic acids is 1. The number of rotatable bonds is 7. The van der Waals surface area contributed by atoms with Crippen LogP contribution < -0.4 is 15.0 Å². The Morgan fingerprint density at radius 3 is 2.82 bits per heavy atom. The molecule has 8 nitrogen and oxygen atoms in total. The Kier molecular flexibility index (Phi) is 5.49. The lowest BCUT2D eigenvalue weighted by Crippen LogP contribution is -2.14. The van der Waals surface area contributed by atoms with Gasteiger partial charge in [-0.3, -0.25) is 9.36 Å². The molecule has 0 aliphatic carbocycles. The predicted octanol–water partition coefficient (Wildman–Crippen LogP) is 3.32. The van der Waals surface area contributed by atoms with E-state index in [9.17, 15) is 4.79 Å². The number of fused-ring (bicyclic) bond motifs is 1. The molecule has 0 saturated carbocycles. The second kappa shape index (κ2) is 8.19. The predicted molar refractivity (Wildman–Crippen MR) is 111 cm³/mol. The van der Waals surface area contributed by atoms with Crippen molar-refractivity contribution in [1.82, 2.24) is 19.7 Å². The lowest BCUT2D eigenvalue weighted by molar-refractivity contribution is -0.113. The van der Waals surface area contributed by atoms with Crippen LogP contribution in [0.3, 0.4) is 0 Å². The zero-order valence-corrected chi connectivity index (χ0v) is 17.2. The Balaban J connectivity index is 1.39. The first-order valence-corrected chi connectivity index (χ1v) is 10.8. The van der Waals surface area contributed by atoms with Gasteiger partial charge in [-0.15, -0.1) is 21.5 Å². The van der Waals surface area contributed by atoms with Crippen molar-refractivity contribution < 1.29 is 9.53 Å². The number of thioether (sulfide) groups is 1. The van der Waals surface area contributed by atoms with E-state index in [1.807, 2.05) is 48.1 Å². The van der Waals surface area contributed by atoms with Crippen LogP contribution >= 0.6 is 23.1 Å². The number of nitrogens with one attached hydrogen (secondary N) is 1. The summed E-state index contributed by atoms with van der Waals surface area (Å²) in [7, 11) is 0. The summed E-state index contributed by atoms with van der Waals surface area (Å²) < 4.78 is 7.54. The Morgan fingerprint density at radius 1 is 1.29 bits per heavy atom. The van der Waals surface area contributed by atoms with E-state index in [2.05, 4.69) is 25.4 Å². The minimum Gasteiger partial charge on any atom is -0.494 e. The zero-order chi connectivity index (χ0) is 19.5. The van der Waals surface area contributed by atoms with Crippen LogP contribution in [0.1, 0.15) is 12.6 Å². The molecular weight excluding hydrogens is 396 g/mol. The molecule has 1 amide bonds. The molecule has 10 heteroatoms. The van der Waals surface area contributed by atoms with Gasteiger partial charge in [-0.05, 0) is 38.1 Å². The van der Waals surface area contributed by atoms with E-state index in [0.717, 1.165) is 41.3 Å². The first kappa shape index (κ1) is 18.8. The molecule has 0 saturated heterocycles. The van der Waals surface area contributed by atoms with E-state index in [-0.39, 0.29) is 11.7 Å². The van der Waals surface area contributed by atoms with Gasteiger partial charge in [-0.25, -0.2) is 4.98 Å². The van der Waals surface area contributed by atoms with Crippen LogP contribution in [0.2, 0.25) is 0 Å². The minimum atomic E-state index is -0.0990. The summed E-state index contributed by atoms with van der Waals surface area (Å²) in [5, 5.41) is 14.7. The number of hydrogen-bond donors (Lipinski definition) is 1. The van der Waals surface area contributed by atoms with Gasteiger partial charge in [0.2, 0.25) is 11.9 Å². The van der Waals surface area contributed by atoms with Crippen molar-refractivity contribution in [3.63, 3.8) is 0 Å². The smallest absolute Gasteiger partial charge is 0.236 e. The van der Waals surface area contributed by atoms with Crippen molar-refractivity contribution in [3.05, 3.63) is 35.3 Å². The Labute approximate surface area is 170 Å². The molecule has 0 spiro atoms. The van der Waals surface area contributed by atoms with Crippen molar-refractivity contribution in [1.29, 1.82) is 0 Å². The molecule has 0 atom stereocenters. The highest BCUT2D eigenvalue weighted by molar-refractivity contribution is 7.99. The van der Waals surface area contributed by atoms with E-state index < -0.39 is 0 Å². The maximum atomic E-state index is 12.1. The fourth-order valence-corrected chi connectivity index (χ4v) is 4.38. The molecule has 2 aromatic heterocycles. The van der Waals surface area contributed by atoms with Gasteiger partial charge in [0.1, 0.15) is 5.75 Å². The maximum absolute atomic E-state index is 12.1. The van der Waals surface area contributed by atoms with Crippen LogP contribution in [0.4, 0.5) is 16.8 Å². The van der Waals surface area contributed by atoms with Crippen LogP contribution in [0.15, 0.2) is 34.8 Å². The summed E-state index contributed by atoms with van der Waals surface area (Å²) >= 11 is 2.80. The van der Waals surface area contributed by atoms with Gasteiger partial charge in [0.25, 0.3) is 0 Å². The highest BCUT2D eigenvalue weighted by Crippen LogP contribution is 2.32. The Bertz CT molecular complexity index is 969. The van der Waals surface area contributed by atoms with Gasteiger partial charge in [-0.2, -0.15) is 0 Å². The largest absolute Gasteiger partial charge is 0.494 e. The van der Waals surface area contributed by atoms with Gasteiger partial charge < -0.3 is 15.0 Å². The van der Waals surface area contributed by atoms with Gasteiger partial charge in [0.15, 0.2) is 10.3 Å². The lowest BCUT2D eigenvalue weighted by atomic mass is 10.3. The SMILES string of the molecule is CCOc1ccc(N2CCn3c(SCC(=O)Nc4nc(C)cs4)nnc32)cc1. The molecule has 1 N–H and O–H groups in total. The Morgan fingerprint density at radius 2 is 2.11 bits per heavy atom. The number of hydrogen-bond acceptors (Lipinski definition) is 8. The van der Waals surface area contributed by atoms with Crippen LogP contribution in [0.25, 0.3) is 0 Å². The van der Waals surface area contributed by atoms with E-state index in [1.165, 1.54) is 23.1 Å². The third kappa shape index (κ3) is 3.97. The van der Waals surface area contributed by atoms with Crippen LogP contribution in [0.5, 0.6) is 5.75 Å². The second-order valence-corrected chi connectivity index (χ2v) is 7.94. The molecule has 3 heterocycles. The minimum absolute atomic E-state index is 0.0990. The average Bonchev–Trinajstić information content (AvgIpc) is 3.38. The number of anilines is 3. The number of benzene rings is 1. The van der Waals surface area contributed by atoms with Gasteiger partial charge in [-0.1, -0.05) is 11.8 Å². The molecule has 1 aliphatic heterocycles. The highest BCUT2D eigenvalue weighted by Gasteiger charge is 2.26. The molecule has 1 aromatic carbocycles. The van der Waals surface area contributed by atoms with Crippen LogP contribution in [-0.4, -0.2) is 44.6 Å². The monoisotopic (exact) mass is 416 g/mol. The van der Waals surface area contributed by atoms with Crippen LogP contribution in [0, 0.1) is 6.92 Å². The first-order valence-electron chi connectivity index (χ1n) is 8.92. The third-order valence-electron chi connectivity index (χ3n) is 4.14. The van der Waals surface area contributed by atoms with Crippen molar-refractivity contribution >= 4 is 45.8 Å². The highest BCUT2D eigenvalue weighted by atomic mass is 32.2. The number of aromatic nitrogens is 4. The number of amides is 1. The summed E-state index contributed by atoms with van der Waals surface area (Å²) in [6, 6.07) is 7.95. The fourth-order valence-electron chi connectivity index (χ4n) is 2.91. The van der Waals surface area contributed by atoms with Crippen molar-refractivity contribution in [2.45, 2.75) is 25.5 Å². The number of thiazole rings is 1. The molecule has 0 radical (unpaired) electrons. The van der Waals surface area contributed by atoms with E-state index in [4.69, 9.17) is 4.74 Å². The number of aryl methyl sites for hydroxylation is 1. The molecule has 0 fully saturated rings. The van der Waals surface area contributed by atoms with Gasteiger partial charge in [0, 0.05) is 24.2 Å². The molecule has 3 aromatic rings. The third-order valence-corrected chi connectivity index (χ3v) is 5.99. The zero-order valence-electron chi connectivity index (χ0n) is 15.6. The van der Waals surface area contributed by atoms with Crippen molar-refractivity contribution in [2.24, 2.45) is 0 Å².